The third-order valence-electron chi connectivity index (χ3n) is 5.63. The topological polar surface area (TPSA) is 125 Å². The second kappa shape index (κ2) is 14.6. The number of ketones is 1. The smallest absolute Gasteiger partial charge is 0.251 e. The highest BCUT2D eigenvalue weighted by Crippen LogP contribution is 2.24. The van der Waals surface area contributed by atoms with Crippen molar-refractivity contribution in [1.82, 2.24) is 16.0 Å². The van der Waals surface area contributed by atoms with Crippen LogP contribution in [-0.4, -0.2) is 47.3 Å². The molecule has 3 amide bonds. The van der Waals surface area contributed by atoms with Crippen LogP contribution < -0.4 is 16.0 Å². The van der Waals surface area contributed by atoms with E-state index in [1.165, 1.54) is 0 Å². The SMILES string of the molecule is CCCC(C)C(=O)NC(CCC)C(O)C(=O)NCC(=O)NC(C(=O)CC(C)(C)C)c1ccccc1. The number of carbonyl (C=O) groups excluding carboxylic acids is 4. The second-order valence-corrected chi connectivity index (χ2v) is 10.4. The molecule has 1 aromatic carbocycles. The van der Waals surface area contributed by atoms with Gasteiger partial charge in [0.25, 0.3) is 5.91 Å². The maximum absolute atomic E-state index is 12.9. The number of carbonyl (C=O) groups is 4. The van der Waals surface area contributed by atoms with Crippen LogP contribution in [-0.2, 0) is 19.2 Å². The van der Waals surface area contributed by atoms with E-state index in [2.05, 4.69) is 16.0 Å². The summed E-state index contributed by atoms with van der Waals surface area (Å²) >= 11 is 0. The average Bonchev–Trinajstić information content (AvgIpc) is 2.79. The van der Waals surface area contributed by atoms with Crippen molar-refractivity contribution in [2.45, 2.75) is 91.8 Å². The van der Waals surface area contributed by atoms with Crippen LogP contribution in [0.2, 0.25) is 0 Å². The molecule has 0 aliphatic heterocycles. The molecule has 4 atom stereocenters. The number of amides is 3. The molecule has 0 heterocycles. The molecule has 0 saturated heterocycles. The van der Waals surface area contributed by atoms with Gasteiger partial charge in [0.15, 0.2) is 11.9 Å². The van der Waals surface area contributed by atoms with Gasteiger partial charge in [-0.1, -0.05) is 84.7 Å². The van der Waals surface area contributed by atoms with Gasteiger partial charge in [0.2, 0.25) is 11.8 Å². The normalized spacial score (nSPS) is 14.8. The van der Waals surface area contributed by atoms with Gasteiger partial charge in [-0.3, -0.25) is 19.2 Å². The molecule has 0 spiro atoms. The van der Waals surface area contributed by atoms with Gasteiger partial charge in [-0.2, -0.15) is 0 Å². The molecule has 0 bridgehead atoms. The largest absolute Gasteiger partial charge is 0.381 e. The lowest BCUT2D eigenvalue weighted by atomic mass is 9.86. The lowest BCUT2D eigenvalue weighted by Gasteiger charge is -2.25. The maximum Gasteiger partial charge on any atom is 0.251 e. The van der Waals surface area contributed by atoms with Crippen LogP contribution in [0.25, 0.3) is 0 Å². The van der Waals surface area contributed by atoms with E-state index in [1.807, 2.05) is 47.6 Å². The highest BCUT2D eigenvalue weighted by Gasteiger charge is 2.30. The van der Waals surface area contributed by atoms with Gasteiger partial charge in [-0.05, 0) is 23.8 Å². The van der Waals surface area contributed by atoms with E-state index < -0.39 is 36.5 Å². The first kappa shape index (κ1) is 30.3. The molecule has 4 unspecified atom stereocenters. The Morgan fingerprint density at radius 3 is 2.06 bits per heavy atom. The Kier molecular flexibility index (Phi) is 12.6. The number of aliphatic hydroxyl groups excluding tert-OH is 1. The molecular formula is C27H43N3O5. The van der Waals surface area contributed by atoms with Crippen molar-refractivity contribution in [2.75, 3.05) is 6.54 Å². The van der Waals surface area contributed by atoms with Gasteiger partial charge < -0.3 is 21.1 Å². The third-order valence-corrected chi connectivity index (χ3v) is 5.63. The number of nitrogens with one attached hydrogen (secondary N) is 3. The Balaban J connectivity index is 2.79. The summed E-state index contributed by atoms with van der Waals surface area (Å²) in [6, 6.07) is 7.36. The van der Waals surface area contributed by atoms with Gasteiger partial charge in [-0.15, -0.1) is 0 Å². The summed E-state index contributed by atoms with van der Waals surface area (Å²) < 4.78 is 0. The average molecular weight is 490 g/mol. The lowest BCUT2D eigenvalue weighted by Crippen LogP contribution is -2.53. The van der Waals surface area contributed by atoms with Crippen LogP contribution in [0.3, 0.4) is 0 Å². The molecule has 0 fully saturated rings. The zero-order valence-corrected chi connectivity index (χ0v) is 22.0. The van der Waals surface area contributed by atoms with E-state index in [4.69, 9.17) is 0 Å². The Bertz CT molecular complexity index is 835. The van der Waals surface area contributed by atoms with Crippen LogP contribution in [0.5, 0.6) is 0 Å². The summed E-state index contributed by atoms with van der Waals surface area (Å²) in [4.78, 5) is 50.5. The van der Waals surface area contributed by atoms with Crippen molar-refractivity contribution in [2.24, 2.45) is 11.3 Å². The van der Waals surface area contributed by atoms with Crippen LogP contribution in [0, 0.1) is 11.3 Å². The maximum atomic E-state index is 12.9. The Morgan fingerprint density at radius 2 is 1.51 bits per heavy atom. The Morgan fingerprint density at radius 1 is 0.914 bits per heavy atom. The summed E-state index contributed by atoms with van der Waals surface area (Å²) in [5.74, 6) is -1.86. The van der Waals surface area contributed by atoms with E-state index in [0.29, 0.717) is 24.8 Å². The van der Waals surface area contributed by atoms with E-state index >= 15 is 0 Å². The monoisotopic (exact) mass is 489 g/mol. The van der Waals surface area contributed by atoms with Crippen molar-refractivity contribution < 1.29 is 24.3 Å². The van der Waals surface area contributed by atoms with Gasteiger partial charge in [0, 0.05) is 12.3 Å². The number of rotatable bonds is 14. The molecule has 196 valence electrons. The fourth-order valence-corrected chi connectivity index (χ4v) is 3.80. The summed E-state index contributed by atoms with van der Waals surface area (Å²) in [5.41, 5.74) is 0.411. The second-order valence-electron chi connectivity index (χ2n) is 10.4. The number of hydrogen-bond acceptors (Lipinski definition) is 5. The first-order valence-corrected chi connectivity index (χ1v) is 12.5. The van der Waals surface area contributed by atoms with Gasteiger partial charge in [0.1, 0.15) is 6.04 Å². The predicted molar refractivity (Wildman–Crippen MR) is 136 cm³/mol. The quantitative estimate of drug-likeness (QED) is 0.320. The third kappa shape index (κ3) is 11.0. The molecule has 8 nitrogen and oxygen atoms in total. The number of Topliss-reactive ketones (excluding diaryl/α,β-unsaturated/α-hetero) is 1. The molecule has 0 saturated carbocycles. The lowest BCUT2D eigenvalue weighted by molar-refractivity contribution is -0.135. The summed E-state index contributed by atoms with van der Waals surface area (Å²) in [5, 5.41) is 18.5. The van der Waals surface area contributed by atoms with Gasteiger partial charge in [-0.25, -0.2) is 0 Å². The van der Waals surface area contributed by atoms with Crippen LogP contribution in [0.4, 0.5) is 0 Å². The Labute approximate surface area is 209 Å². The van der Waals surface area contributed by atoms with Crippen molar-refractivity contribution in [3.05, 3.63) is 35.9 Å². The van der Waals surface area contributed by atoms with Crippen molar-refractivity contribution in [3.63, 3.8) is 0 Å². The minimum atomic E-state index is -1.49. The predicted octanol–water partition coefficient (Wildman–Crippen LogP) is 3.05. The summed E-state index contributed by atoms with van der Waals surface area (Å²) in [6.45, 7) is 11.1. The number of benzene rings is 1. The first-order chi connectivity index (χ1) is 16.4. The molecular weight excluding hydrogens is 446 g/mol. The van der Waals surface area contributed by atoms with Crippen LogP contribution in [0.1, 0.15) is 85.3 Å². The molecule has 0 radical (unpaired) electrons. The zero-order chi connectivity index (χ0) is 26.6. The highest BCUT2D eigenvalue weighted by atomic mass is 16.3. The fraction of sp³-hybridized carbons (Fsp3) is 0.630. The van der Waals surface area contributed by atoms with E-state index in [0.717, 1.165) is 6.42 Å². The minimum absolute atomic E-state index is 0.129. The zero-order valence-electron chi connectivity index (χ0n) is 22.0. The van der Waals surface area contributed by atoms with E-state index in [9.17, 15) is 24.3 Å². The number of aliphatic hydroxyl groups is 1. The fourth-order valence-electron chi connectivity index (χ4n) is 3.80. The molecule has 0 aliphatic carbocycles. The van der Waals surface area contributed by atoms with Crippen molar-refractivity contribution in [3.8, 4) is 0 Å². The molecule has 0 aromatic heterocycles. The van der Waals surface area contributed by atoms with Gasteiger partial charge >= 0.3 is 0 Å². The van der Waals surface area contributed by atoms with E-state index in [1.54, 1.807) is 24.3 Å². The molecule has 1 aromatic rings. The van der Waals surface area contributed by atoms with Crippen molar-refractivity contribution >= 4 is 23.5 Å². The Hall–Kier alpha value is -2.74. The molecule has 1 rings (SSSR count). The molecule has 0 aliphatic rings. The van der Waals surface area contributed by atoms with Gasteiger partial charge in [0.05, 0.1) is 12.6 Å². The van der Waals surface area contributed by atoms with Crippen LogP contribution >= 0.6 is 0 Å². The standard InChI is InChI=1S/C27H43N3O5/c1-7-12-18(3)25(34)29-20(13-8-2)24(33)26(35)28-17-22(32)30-23(19-14-10-9-11-15-19)21(31)16-27(4,5)6/h9-11,14-15,18,20,23-24,33H,7-8,12-13,16-17H2,1-6H3,(H,28,35)(H,29,34)(H,30,32). The number of hydrogen-bond donors (Lipinski definition) is 4. The van der Waals surface area contributed by atoms with Crippen molar-refractivity contribution in [1.29, 1.82) is 0 Å². The molecule has 4 N–H and O–H groups in total. The summed E-state index contributed by atoms with van der Waals surface area (Å²) in [7, 11) is 0. The highest BCUT2D eigenvalue weighted by molar-refractivity contribution is 5.92. The summed E-state index contributed by atoms with van der Waals surface area (Å²) in [6.07, 6.45) is 1.42. The van der Waals surface area contributed by atoms with Crippen LogP contribution in [0.15, 0.2) is 30.3 Å². The molecule has 8 heteroatoms. The first-order valence-electron chi connectivity index (χ1n) is 12.5. The van der Waals surface area contributed by atoms with E-state index in [-0.39, 0.29) is 29.4 Å². The molecule has 35 heavy (non-hydrogen) atoms. The minimum Gasteiger partial charge on any atom is -0.381 e.